The van der Waals surface area contributed by atoms with Crippen molar-refractivity contribution in [1.82, 2.24) is 5.32 Å². The number of nitrogens with one attached hydrogen (secondary N) is 3. The van der Waals surface area contributed by atoms with Gasteiger partial charge in [-0.15, -0.1) is 11.8 Å². The molecular weight excluding hydrogens is 658 g/mol. The van der Waals surface area contributed by atoms with Gasteiger partial charge in [0, 0.05) is 26.9 Å². The lowest BCUT2D eigenvalue weighted by Gasteiger charge is -2.18. The van der Waals surface area contributed by atoms with E-state index in [0.717, 1.165) is 10.5 Å². The van der Waals surface area contributed by atoms with Gasteiger partial charge >= 0.3 is 5.97 Å². The fourth-order valence-corrected chi connectivity index (χ4v) is 5.87. The van der Waals surface area contributed by atoms with Gasteiger partial charge < -0.3 is 20.7 Å². The van der Waals surface area contributed by atoms with E-state index in [4.69, 9.17) is 16.3 Å². The van der Waals surface area contributed by atoms with Crippen LogP contribution in [0.5, 0.6) is 0 Å². The smallest absolute Gasteiger partial charge is 0.338 e. The Hall–Kier alpha value is -5.64. The van der Waals surface area contributed by atoms with Gasteiger partial charge in [0.15, 0.2) is 0 Å². The highest BCUT2D eigenvalue weighted by molar-refractivity contribution is 8.00. The Kier molecular flexibility index (Phi) is 12.0. The van der Waals surface area contributed by atoms with Gasteiger partial charge in [0.2, 0.25) is 5.91 Å². The molecule has 0 heterocycles. The molecule has 49 heavy (non-hydrogen) atoms. The number of carbonyl (C=O) groups is 4. The number of hydrogen-bond donors (Lipinski definition) is 3. The largest absolute Gasteiger partial charge is 0.462 e. The Bertz CT molecular complexity index is 1950. The van der Waals surface area contributed by atoms with E-state index in [-0.39, 0.29) is 18.2 Å². The topological polar surface area (TPSA) is 114 Å². The summed E-state index contributed by atoms with van der Waals surface area (Å²) >= 11 is 7.36. The van der Waals surface area contributed by atoms with Gasteiger partial charge in [0.25, 0.3) is 11.8 Å². The lowest BCUT2D eigenvalue weighted by atomic mass is 10.1. The zero-order valence-corrected chi connectivity index (χ0v) is 28.0. The van der Waals surface area contributed by atoms with Crippen molar-refractivity contribution in [3.63, 3.8) is 0 Å². The van der Waals surface area contributed by atoms with Crippen LogP contribution in [0.1, 0.15) is 44.0 Å². The van der Waals surface area contributed by atoms with Crippen molar-refractivity contribution < 1.29 is 23.9 Å². The number of thioether (sulfide) groups is 1. The van der Waals surface area contributed by atoms with Crippen molar-refractivity contribution in [3.05, 3.63) is 166 Å². The SMILES string of the molecule is CCOC(=O)c1ccc(NC(=O)C(Sc2cccc(NC(=O)/C(=C/c3ccc(Cl)cc3)NC(=O)c3ccccc3)c2)c2ccccc2)cc1. The van der Waals surface area contributed by atoms with Gasteiger partial charge in [-0.25, -0.2) is 4.79 Å². The average molecular weight is 690 g/mol. The number of esters is 1. The third-order valence-corrected chi connectivity index (χ3v) is 8.56. The maximum atomic E-state index is 13.7. The third kappa shape index (κ3) is 9.93. The quantitative estimate of drug-likeness (QED) is 0.0689. The molecule has 5 aromatic carbocycles. The average Bonchev–Trinajstić information content (AvgIpc) is 3.12. The summed E-state index contributed by atoms with van der Waals surface area (Å²) in [6, 6.07) is 38.4. The summed E-state index contributed by atoms with van der Waals surface area (Å²) < 4.78 is 5.04. The first-order valence-electron chi connectivity index (χ1n) is 15.3. The monoisotopic (exact) mass is 689 g/mol. The van der Waals surface area contributed by atoms with Crippen molar-refractivity contribution in [2.45, 2.75) is 17.1 Å². The summed E-state index contributed by atoms with van der Waals surface area (Å²) in [4.78, 5) is 53.0. The molecule has 0 saturated carbocycles. The minimum absolute atomic E-state index is 0.0322. The second-order valence-electron chi connectivity index (χ2n) is 10.6. The van der Waals surface area contributed by atoms with E-state index in [9.17, 15) is 19.2 Å². The first kappa shape index (κ1) is 34.7. The summed E-state index contributed by atoms with van der Waals surface area (Å²) in [6.07, 6.45) is 1.57. The molecule has 0 aliphatic rings. The van der Waals surface area contributed by atoms with Crippen LogP contribution in [0.25, 0.3) is 6.08 Å². The van der Waals surface area contributed by atoms with E-state index in [1.54, 1.807) is 110 Å². The van der Waals surface area contributed by atoms with E-state index < -0.39 is 23.0 Å². The number of ether oxygens (including phenoxy) is 1. The molecule has 8 nitrogen and oxygen atoms in total. The van der Waals surface area contributed by atoms with Crippen molar-refractivity contribution in [2.75, 3.05) is 17.2 Å². The van der Waals surface area contributed by atoms with Crippen LogP contribution in [0.4, 0.5) is 11.4 Å². The highest BCUT2D eigenvalue weighted by atomic mass is 35.5. The van der Waals surface area contributed by atoms with Crippen LogP contribution in [0.2, 0.25) is 5.02 Å². The highest BCUT2D eigenvalue weighted by Gasteiger charge is 2.23. The van der Waals surface area contributed by atoms with E-state index in [0.29, 0.717) is 33.1 Å². The van der Waals surface area contributed by atoms with E-state index in [2.05, 4.69) is 16.0 Å². The van der Waals surface area contributed by atoms with Crippen LogP contribution in [0, 0.1) is 0 Å². The summed E-state index contributed by atoms with van der Waals surface area (Å²) in [6.45, 7) is 2.01. The molecule has 5 rings (SSSR count). The first-order chi connectivity index (χ1) is 23.8. The summed E-state index contributed by atoms with van der Waals surface area (Å²) in [5.41, 5.74) is 3.25. The molecule has 0 fully saturated rings. The molecule has 1 atom stereocenters. The van der Waals surface area contributed by atoms with Gasteiger partial charge in [0.1, 0.15) is 10.9 Å². The zero-order chi connectivity index (χ0) is 34.6. The van der Waals surface area contributed by atoms with E-state index in [1.165, 1.54) is 11.8 Å². The molecule has 246 valence electrons. The molecule has 3 amide bonds. The molecule has 0 radical (unpaired) electrons. The summed E-state index contributed by atoms with van der Waals surface area (Å²) in [7, 11) is 0. The standard InChI is InChI=1S/C39H32ClN3O5S/c1-2-48-39(47)29-18-22-31(23-19-29)41-38(46)35(27-10-5-3-6-11-27)49-33-15-9-14-32(25-33)42-37(45)34(24-26-16-20-30(40)21-17-26)43-36(44)28-12-7-4-8-13-28/h3-25,35H,2H2,1H3,(H,41,46)(H,42,45)(H,43,44)/b34-24-. The van der Waals surface area contributed by atoms with Crippen LogP contribution >= 0.6 is 23.4 Å². The number of halogens is 1. The molecule has 0 aliphatic carbocycles. The van der Waals surface area contributed by atoms with Crippen LogP contribution in [-0.4, -0.2) is 30.3 Å². The Morgan fingerprint density at radius 3 is 2.08 bits per heavy atom. The fraction of sp³-hybridized carbons (Fsp3) is 0.0769. The Balaban J connectivity index is 1.35. The molecule has 0 saturated heterocycles. The summed E-state index contributed by atoms with van der Waals surface area (Å²) in [5, 5.41) is 8.44. The number of hydrogen-bond acceptors (Lipinski definition) is 6. The zero-order valence-electron chi connectivity index (χ0n) is 26.4. The molecule has 0 bridgehead atoms. The molecule has 1 unspecified atom stereocenters. The first-order valence-corrected chi connectivity index (χ1v) is 16.6. The minimum atomic E-state index is -0.651. The van der Waals surface area contributed by atoms with Crippen LogP contribution in [0.3, 0.4) is 0 Å². The molecule has 3 N–H and O–H groups in total. The second-order valence-corrected chi connectivity index (χ2v) is 12.2. The van der Waals surface area contributed by atoms with E-state index in [1.807, 2.05) is 36.4 Å². The highest BCUT2D eigenvalue weighted by Crippen LogP contribution is 2.37. The normalized spacial score (nSPS) is 11.6. The predicted molar refractivity (Wildman–Crippen MR) is 194 cm³/mol. The molecule has 5 aromatic rings. The number of rotatable bonds is 12. The van der Waals surface area contributed by atoms with Crippen molar-refractivity contribution in [2.24, 2.45) is 0 Å². The van der Waals surface area contributed by atoms with Gasteiger partial charge in [-0.05, 0) is 90.9 Å². The Labute approximate surface area is 293 Å². The van der Waals surface area contributed by atoms with Crippen LogP contribution < -0.4 is 16.0 Å². The molecule has 0 aromatic heterocycles. The minimum Gasteiger partial charge on any atom is -0.462 e. The number of carbonyl (C=O) groups excluding carboxylic acids is 4. The molecule has 0 aliphatic heterocycles. The van der Waals surface area contributed by atoms with Crippen molar-refractivity contribution in [1.29, 1.82) is 0 Å². The predicted octanol–water partition coefficient (Wildman–Crippen LogP) is 8.40. The van der Waals surface area contributed by atoms with Gasteiger partial charge in [-0.3, -0.25) is 14.4 Å². The number of amides is 3. The van der Waals surface area contributed by atoms with Gasteiger partial charge in [-0.1, -0.05) is 78.3 Å². The summed E-state index contributed by atoms with van der Waals surface area (Å²) in [5.74, 6) is -1.68. The van der Waals surface area contributed by atoms with Crippen molar-refractivity contribution >= 4 is 64.5 Å². The fourth-order valence-electron chi connectivity index (χ4n) is 4.66. The number of benzene rings is 5. The maximum Gasteiger partial charge on any atom is 0.338 e. The van der Waals surface area contributed by atoms with Crippen molar-refractivity contribution in [3.8, 4) is 0 Å². The Morgan fingerprint density at radius 1 is 0.735 bits per heavy atom. The lowest BCUT2D eigenvalue weighted by molar-refractivity contribution is -0.116. The molecular formula is C39H32ClN3O5S. The molecule has 10 heteroatoms. The molecule has 0 spiro atoms. The van der Waals surface area contributed by atoms with Gasteiger partial charge in [0.05, 0.1) is 12.2 Å². The van der Waals surface area contributed by atoms with Crippen LogP contribution in [0.15, 0.2) is 144 Å². The lowest BCUT2D eigenvalue weighted by Crippen LogP contribution is -2.30. The Morgan fingerprint density at radius 2 is 1.41 bits per heavy atom. The van der Waals surface area contributed by atoms with E-state index >= 15 is 0 Å². The van der Waals surface area contributed by atoms with Crippen LogP contribution in [-0.2, 0) is 14.3 Å². The maximum absolute atomic E-state index is 13.7. The third-order valence-electron chi connectivity index (χ3n) is 7.06. The second kappa shape index (κ2) is 17.0. The number of anilines is 2. The van der Waals surface area contributed by atoms with Gasteiger partial charge in [-0.2, -0.15) is 0 Å².